The van der Waals surface area contributed by atoms with E-state index in [1.54, 1.807) is 17.8 Å². The van der Waals surface area contributed by atoms with Crippen LogP contribution in [0.1, 0.15) is 6.92 Å². The molecule has 0 aromatic heterocycles. The Morgan fingerprint density at radius 2 is 2.40 bits per heavy atom. The van der Waals surface area contributed by atoms with E-state index in [0.717, 1.165) is 10.6 Å². The topological polar surface area (TPSA) is 0 Å². The first-order chi connectivity index (χ1) is 4.83. The van der Waals surface area contributed by atoms with E-state index in [1.807, 2.05) is 13.0 Å². The van der Waals surface area contributed by atoms with Gasteiger partial charge in [-0.15, -0.1) is 11.8 Å². The van der Waals surface area contributed by atoms with Crippen LogP contribution in [0.4, 0.5) is 4.39 Å². The summed E-state index contributed by atoms with van der Waals surface area (Å²) < 4.78 is 12.4. The average Bonchev–Trinajstić information content (AvgIpc) is 1.88. The highest BCUT2D eigenvalue weighted by atomic mass is 32.2. The summed E-state index contributed by atoms with van der Waals surface area (Å²) >= 11 is 1.59. The lowest BCUT2D eigenvalue weighted by Crippen LogP contribution is -1.76. The number of thioether (sulfide) groups is 1. The smallest absolute Gasteiger partial charge is 0.132 e. The van der Waals surface area contributed by atoms with Crippen LogP contribution in [-0.4, -0.2) is 5.75 Å². The van der Waals surface area contributed by atoms with Gasteiger partial charge in [0.1, 0.15) is 5.82 Å². The lowest BCUT2D eigenvalue weighted by atomic mass is 10.4. The second-order valence-corrected chi connectivity index (χ2v) is 3.10. The van der Waals surface area contributed by atoms with E-state index in [9.17, 15) is 4.39 Å². The molecule has 10 heavy (non-hydrogen) atoms. The molecular weight excluding hydrogens is 147 g/mol. The van der Waals surface area contributed by atoms with Crippen molar-refractivity contribution in [3.8, 4) is 0 Å². The SMILES string of the molecule is CCSc1[c]c(F)ccc1. The van der Waals surface area contributed by atoms with Crippen molar-refractivity contribution in [2.24, 2.45) is 0 Å². The van der Waals surface area contributed by atoms with Gasteiger partial charge in [-0.1, -0.05) is 13.0 Å². The van der Waals surface area contributed by atoms with E-state index in [1.165, 1.54) is 6.07 Å². The predicted molar refractivity (Wildman–Crippen MR) is 41.6 cm³/mol. The summed E-state index contributed by atoms with van der Waals surface area (Å²) in [7, 11) is 0. The van der Waals surface area contributed by atoms with Crippen molar-refractivity contribution >= 4 is 11.8 Å². The number of halogens is 1. The number of benzene rings is 1. The average molecular weight is 155 g/mol. The Hall–Kier alpha value is -0.500. The van der Waals surface area contributed by atoms with E-state index in [2.05, 4.69) is 6.07 Å². The van der Waals surface area contributed by atoms with Crippen molar-refractivity contribution in [1.29, 1.82) is 0 Å². The first kappa shape index (κ1) is 7.61. The lowest BCUT2D eigenvalue weighted by molar-refractivity contribution is 0.621. The Kier molecular flexibility index (Phi) is 2.75. The molecule has 0 fully saturated rings. The molecule has 2 heteroatoms. The largest absolute Gasteiger partial charge is 0.206 e. The van der Waals surface area contributed by atoms with Crippen molar-refractivity contribution in [2.75, 3.05) is 5.75 Å². The molecule has 0 aliphatic rings. The van der Waals surface area contributed by atoms with Crippen LogP contribution in [-0.2, 0) is 0 Å². The normalized spacial score (nSPS) is 9.80. The second kappa shape index (κ2) is 3.62. The van der Waals surface area contributed by atoms with Crippen LogP contribution < -0.4 is 0 Å². The maximum absolute atomic E-state index is 12.4. The zero-order valence-corrected chi connectivity index (χ0v) is 6.54. The molecule has 1 rings (SSSR count). The van der Waals surface area contributed by atoms with E-state index >= 15 is 0 Å². The summed E-state index contributed by atoms with van der Waals surface area (Å²) in [6, 6.07) is 7.56. The molecule has 0 aliphatic carbocycles. The van der Waals surface area contributed by atoms with Gasteiger partial charge in [0.2, 0.25) is 0 Å². The van der Waals surface area contributed by atoms with Crippen LogP contribution in [0.2, 0.25) is 0 Å². The molecule has 0 aliphatic heterocycles. The maximum atomic E-state index is 12.4. The van der Waals surface area contributed by atoms with Gasteiger partial charge in [-0.3, -0.25) is 0 Å². The van der Waals surface area contributed by atoms with Gasteiger partial charge in [-0.05, 0) is 17.9 Å². The fraction of sp³-hybridized carbons (Fsp3) is 0.250. The van der Waals surface area contributed by atoms with Crippen LogP contribution >= 0.6 is 11.8 Å². The minimum Gasteiger partial charge on any atom is -0.206 e. The maximum Gasteiger partial charge on any atom is 0.132 e. The van der Waals surface area contributed by atoms with Gasteiger partial charge in [0.25, 0.3) is 0 Å². The van der Waals surface area contributed by atoms with Crippen molar-refractivity contribution in [1.82, 2.24) is 0 Å². The number of rotatable bonds is 2. The van der Waals surface area contributed by atoms with E-state index in [4.69, 9.17) is 0 Å². The highest BCUT2D eigenvalue weighted by Crippen LogP contribution is 2.16. The van der Waals surface area contributed by atoms with Gasteiger partial charge in [0.05, 0.1) is 0 Å². The third kappa shape index (κ3) is 2.03. The Morgan fingerprint density at radius 3 is 3.00 bits per heavy atom. The Balaban J connectivity index is 2.75. The fourth-order valence-electron chi connectivity index (χ4n) is 0.661. The predicted octanol–water partition coefficient (Wildman–Crippen LogP) is 2.74. The van der Waals surface area contributed by atoms with Gasteiger partial charge in [-0.25, -0.2) is 4.39 Å². The zero-order chi connectivity index (χ0) is 7.40. The zero-order valence-electron chi connectivity index (χ0n) is 5.73. The summed E-state index contributed by atoms with van der Waals surface area (Å²) in [5, 5.41) is 0. The highest BCUT2D eigenvalue weighted by Gasteiger charge is 1.92. The molecule has 1 aromatic carbocycles. The summed E-state index contributed by atoms with van der Waals surface area (Å²) in [5.74, 6) is 0.679. The van der Waals surface area contributed by atoms with Gasteiger partial charge < -0.3 is 0 Å². The third-order valence-electron chi connectivity index (χ3n) is 1.03. The van der Waals surface area contributed by atoms with Crippen LogP contribution in [0.3, 0.4) is 0 Å². The molecule has 0 saturated heterocycles. The molecule has 0 nitrogen and oxygen atoms in total. The number of hydrogen-bond donors (Lipinski definition) is 0. The summed E-state index contributed by atoms with van der Waals surface area (Å²) in [6.07, 6.45) is 0. The van der Waals surface area contributed by atoms with Gasteiger partial charge >= 0.3 is 0 Å². The second-order valence-electron chi connectivity index (χ2n) is 1.80. The molecule has 1 aromatic rings. The summed E-state index contributed by atoms with van der Waals surface area (Å²) in [5.41, 5.74) is 0. The van der Waals surface area contributed by atoms with E-state index < -0.39 is 0 Å². The monoisotopic (exact) mass is 155 g/mol. The molecule has 0 heterocycles. The number of hydrogen-bond acceptors (Lipinski definition) is 1. The quantitative estimate of drug-likeness (QED) is 0.592. The van der Waals surface area contributed by atoms with Crippen molar-refractivity contribution in [2.45, 2.75) is 11.8 Å². The molecule has 0 spiro atoms. The third-order valence-corrected chi connectivity index (χ3v) is 1.87. The first-order valence-corrected chi connectivity index (χ1v) is 4.12. The van der Waals surface area contributed by atoms with Crippen LogP contribution in [0.25, 0.3) is 0 Å². The summed E-state index contributed by atoms with van der Waals surface area (Å²) in [6.45, 7) is 2.03. The van der Waals surface area contributed by atoms with E-state index in [0.29, 0.717) is 0 Å². The van der Waals surface area contributed by atoms with E-state index in [-0.39, 0.29) is 5.82 Å². The fourth-order valence-corrected chi connectivity index (χ4v) is 1.32. The molecular formula is C8H8FS. The molecule has 0 amide bonds. The summed E-state index contributed by atoms with van der Waals surface area (Å²) in [4.78, 5) is 0.877. The van der Waals surface area contributed by atoms with Gasteiger partial charge in [0, 0.05) is 11.0 Å². The van der Waals surface area contributed by atoms with Crippen LogP contribution in [0.15, 0.2) is 23.1 Å². The molecule has 0 saturated carbocycles. The van der Waals surface area contributed by atoms with Crippen molar-refractivity contribution in [3.63, 3.8) is 0 Å². The highest BCUT2D eigenvalue weighted by molar-refractivity contribution is 7.99. The van der Waals surface area contributed by atoms with Crippen LogP contribution in [0.5, 0.6) is 0 Å². The lowest BCUT2D eigenvalue weighted by Gasteiger charge is -1.94. The van der Waals surface area contributed by atoms with Crippen molar-refractivity contribution < 1.29 is 4.39 Å². The molecule has 53 valence electrons. The van der Waals surface area contributed by atoms with Gasteiger partial charge in [0.15, 0.2) is 0 Å². The molecule has 0 bridgehead atoms. The Labute approximate surface area is 64.4 Å². The Morgan fingerprint density at radius 1 is 1.60 bits per heavy atom. The molecule has 0 unspecified atom stereocenters. The van der Waals surface area contributed by atoms with Gasteiger partial charge in [-0.2, -0.15) is 0 Å². The minimum atomic E-state index is -0.279. The van der Waals surface area contributed by atoms with Crippen molar-refractivity contribution in [3.05, 3.63) is 30.1 Å². The standard InChI is InChI=1S/C8H8FS/c1-2-10-8-5-3-4-7(9)6-8/h3-5H,2H2,1H3. The molecule has 1 radical (unpaired) electrons. The van der Waals surface area contributed by atoms with Crippen LogP contribution in [0, 0.1) is 11.9 Å². The molecule has 0 N–H and O–H groups in total. The minimum absolute atomic E-state index is 0.279. The first-order valence-electron chi connectivity index (χ1n) is 3.13. The molecule has 0 atom stereocenters. The Bertz CT molecular complexity index is 210.